The first-order valence-electron chi connectivity index (χ1n) is 11.2. The number of rotatable bonds is 8. The van der Waals surface area contributed by atoms with Crippen molar-refractivity contribution in [3.05, 3.63) is 29.8 Å². The standard InChI is InChI=1S/C23H34F2N2O4/c1-17(26-11-14-30-15-12-26)4-3-13-31-20-8-6-19(7-9-20)27(23(28)29-2)22-10-5-18(24)16-21(22)25/h5,10,16-17,19-20H,3-4,6-9,11-15H2,1-2H3. The minimum Gasteiger partial charge on any atom is -0.452 e. The van der Waals surface area contributed by atoms with Gasteiger partial charge in [-0.15, -0.1) is 0 Å². The Balaban J connectivity index is 1.44. The van der Waals surface area contributed by atoms with Crippen LogP contribution in [0.4, 0.5) is 19.3 Å². The van der Waals surface area contributed by atoms with Crippen molar-refractivity contribution in [1.82, 2.24) is 4.90 Å². The summed E-state index contributed by atoms with van der Waals surface area (Å²) in [6.07, 6.45) is 4.56. The number of nitrogens with zero attached hydrogens (tertiary/aromatic N) is 2. The molecule has 1 aliphatic heterocycles. The van der Waals surface area contributed by atoms with Crippen LogP contribution in [0.3, 0.4) is 0 Å². The molecule has 8 heteroatoms. The summed E-state index contributed by atoms with van der Waals surface area (Å²) in [6, 6.07) is 3.56. The molecule has 1 atom stereocenters. The summed E-state index contributed by atoms with van der Waals surface area (Å²) in [5.41, 5.74) is 0.0507. The van der Waals surface area contributed by atoms with Crippen molar-refractivity contribution in [2.75, 3.05) is 44.9 Å². The zero-order chi connectivity index (χ0) is 22.2. The summed E-state index contributed by atoms with van der Waals surface area (Å²) in [5.74, 6) is -1.44. The van der Waals surface area contributed by atoms with E-state index >= 15 is 0 Å². The van der Waals surface area contributed by atoms with Gasteiger partial charge in [0.15, 0.2) is 0 Å². The molecule has 6 nitrogen and oxygen atoms in total. The van der Waals surface area contributed by atoms with Crippen LogP contribution >= 0.6 is 0 Å². The molecule has 1 aromatic carbocycles. The minimum absolute atomic E-state index is 0.0507. The van der Waals surface area contributed by atoms with E-state index in [1.165, 1.54) is 18.1 Å². The number of hydrogen-bond acceptors (Lipinski definition) is 5. The lowest BCUT2D eigenvalue weighted by Gasteiger charge is -2.36. The van der Waals surface area contributed by atoms with Gasteiger partial charge in [-0.05, 0) is 57.6 Å². The molecule has 174 valence electrons. The number of anilines is 1. The Morgan fingerprint density at radius 2 is 1.94 bits per heavy atom. The number of ether oxygens (including phenoxy) is 3. The summed E-state index contributed by atoms with van der Waals surface area (Å²) in [6.45, 7) is 6.60. The second kappa shape index (κ2) is 11.7. The predicted molar refractivity (Wildman–Crippen MR) is 114 cm³/mol. The number of benzene rings is 1. The number of methoxy groups -OCH3 is 1. The van der Waals surface area contributed by atoms with Gasteiger partial charge in [0.25, 0.3) is 0 Å². The highest BCUT2D eigenvalue weighted by Gasteiger charge is 2.32. The van der Waals surface area contributed by atoms with E-state index in [4.69, 9.17) is 14.2 Å². The molecule has 31 heavy (non-hydrogen) atoms. The molecular weight excluding hydrogens is 406 g/mol. The van der Waals surface area contributed by atoms with Crippen LogP contribution in [-0.2, 0) is 14.2 Å². The number of morpholine rings is 1. The van der Waals surface area contributed by atoms with Crippen molar-refractivity contribution in [2.24, 2.45) is 0 Å². The SMILES string of the molecule is COC(=O)N(c1ccc(F)cc1F)C1CCC(OCCCC(C)N2CCOCC2)CC1. The molecule has 1 unspecified atom stereocenters. The molecule has 1 aliphatic carbocycles. The van der Waals surface area contributed by atoms with Gasteiger partial charge in [-0.2, -0.15) is 0 Å². The van der Waals surface area contributed by atoms with E-state index in [0.29, 0.717) is 18.9 Å². The zero-order valence-electron chi connectivity index (χ0n) is 18.5. The van der Waals surface area contributed by atoms with Gasteiger partial charge >= 0.3 is 6.09 Å². The summed E-state index contributed by atoms with van der Waals surface area (Å²) in [5, 5.41) is 0. The van der Waals surface area contributed by atoms with Crippen LogP contribution in [0.2, 0.25) is 0 Å². The predicted octanol–water partition coefficient (Wildman–Crippen LogP) is 4.37. The van der Waals surface area contributed by atoms with Gasteiger partial charge in [-0.25, -0.2) is 13.6 Å². The topological polar surface area (TPSA) is 51.2 Å². The van der Waals surface area contributed by atoms with E-state index < -0.39 is 17.7 Å². The molecule has 0 N–H and O–H groups in total. The Hall–Kier alpha value is -1.77. The Kier molecular flexibility index (Phi) is 9.04. The second-order valence-corrected chi connectivity index (χ2v) is 8.38. The van der Waals surface area contributed by atoms with Crippen LogP contribution in [0.15, 0.2) is 18.2 Å². The van der Waals surface area contributed by atoms with Crippen molar-refractivity contribution < 1.29 is 27.8 Å². The van der Waals surface area contributed by atoms with Crippen LogP contribution in [0.1, 0.15) is 45.4 Å². The minimum atomic E-state index is -0.766. The van der Waals surface area contributed by atoms with Gasteiger partial charge in [-0.3, -0.25) is 9.80 Å². The average Bonchev–Trinajstić information content (AvgIpc) is 2.79. The van der Waals surface area contributed by atoms with Gasteiger partial charge in [-0.1, -0.05) is 0 Å². The number of halogens is 2. The number of carbonyl (C=O) groups is 1. The molecule has 0 aromatic heterocycles. The third-order valence-electron chi connectivity index (χ3n) is 6.34. The summed E-state index contributed by atoms with van der Waals surface area (Å²) >= 11 is 0. The normalized spacial score (nSPS) is 23.4. The van der Waals surface area contributed by atoms with Crippen LogP contribution in [-0.4, -0.2) is 69.2 Å². The molecule has 3 rings (SSSR count). The number of amides is 1. The summed E-state index contributed by atoms with van der Waals surface area (Å²) < 4.78 is 44.0. The third-order valence-corrected chi connectivity index (χ3v) is 6.34. The van der Waals surface area contributed by atoms with E-state index in [1.54, 1.807) is 0 Å². The number of carbonyl (C=O) groups excluding carboxylic acids is 1. The van der Waals surface area contributed by atoms with Gasteiger partial charge in [0, 0.05) is 37.8 Å². The van der Waals surface area contributed by atoms with Gasteiger partial charge in [0.2, 0.25) is 0 Å². The maximum absolute atomic E-state index is 14.3. The van der Waals surface area contributed by atoms with Gasteiger partial charge < -0.3 is 14.2 Å². The van der Waals surface area contributed by atoms with Crippen molar-refractivity contribution in [3.63, 3.8) is 0 Å². The van der Waals surface area contributed by atoms with Gasteiger partial charge in [0.1, 0.15) is 11.6 Å². The van der Waals surface area contributed by atoms with Crippen molar-refractivity contribution in [1.29, 1.82) is 0 Å². The van der Waals surface area contributed by atoms with Crippen LogP contribution < -0.4 is 4.90 Å². The molecule has 1 amide bonds. The molecule has 0 spiro atoms. The first-order chi connectivity index (χ1) is 15.0. The van der Waals surface area contributed by atoms with E-state index in [2.05, 4.69) is 11.8 Å². The zero-order valence-corrected chi connectivity index (χ0v) is 18.5. The highest BCUT2D eigenvalue weighted by molar-refractivity contribution is 5.88. The van der Waals surface area contributed by atoms with Crippen LogP contribution in [0.5, 0.6) is 0 Å². The highest BCUT2D eigenvalue weighted by atomic mass is 19.1. The number of hydrogen-bond donors (Lipinski definition) is 0. The summed E-state index contributed by atoms with van der Waals surface area (Å²) in [7, 11) is 1.27. The molecule has 0 bridgehead atoms. The maximum Gasteiger partial charge on any atom is 0.414 e. The smallest absolute Gasteiger partial charge is 0.414 e. The Morgan fingerprint density at radius 3 is 2.58 bits per heavy atom. The quantitative estimate of drug-likeness (QED) is 0.562. The average molecular weight is 441 g/mol. The lowest BCUT2D eigenvalue weighted by Crippen LogP contribution is -2.44. The largest absolute Gasteiger partial charge is 0.452 e. The Labute approximate surface area is 183 Å². The monoisotopic (exact) mass is 440 g/mol. The van der Waals surface area contributed by atoms with E-state index in [0.717, 1.165) is 70.7 Å². The first-order valence-corrected chi connectivity index (χ1v) is 11.2. The Bertz CT molecular complexity index is 707. The Morgan fingerprint density at radius 1 is 1.23 bits per heavy atom. The second-order valence-electron chi connectivity index (χ2n) is 8.38. The molecular formula is C23H34F2N2O4. The fourth-order valence-electron chi connectivity index (χ4n) is 4.52. The molecule has 2 aliphatic rings. The molecule has 1 saturated heterocycles. The lowest BCUT2D eigenvalue weighted by molar-refractivity contribution is 0.00605. The molecule has 1 heterocycles. The van der Waals surface area contributed by atoms with Gasteiger partial charge in [0.05, 0.1) is 32.1 Å². The third kappa shape index (κ3) is 6.60. The molecule has 1 aromatic rings. The summed E-state index contributed by atoms with van der Waals surface area (Å²) in [4.78, 5) is 16.1. The fraction of sp³-hybridized carbons (Fsp3) is 0.696. The van der Waals surface area contributed by atoms with E-state index in [9.17, 15) is 13.6 Å². The maximum atomic E-state index is 14.3. The lowest BCUT2D eigenvalue weighted by atomic mass is 9.91. The van der Waals surface area contributed by atoms with Crippen molar-refractivity contribution in [3.8, 4) is 0 Å². The molecule has 2 fully saturated rings. The van der Waals surface area contributed by atoms with Crippen molar-refractivity contribution in [2.45, 2.75) is 63.6 Å². The highest BCUT2D eigenvalue weighted by Crippen LogP contribution is 2.31. The van der Waals surface area contributed by atoms with E-state index in [1.807, 2.05) is 0 Å². The van der Waals surface area contributed by atoms with Crippen LogP contribution in [0, 0.1) is 11.6 Å². The van der Waals surface area contributed by atoms with Crippen LogP contribution in [0.25, 0.3) is 0 Å². The van der Waals surface area contributed by atoms with E-state index in [-0.39, 0.29) is 17.8 Å². The molecule has 0 radical (unpaired) electrons. The van der Waals surface area contributed by atoms with Crippen molar-refractivity contribution >= 4 is 11.8 Å². The first kappa shape index (κ1) is 23.9. The fourth-order valence-corrected chi connectivity index (χ4v) is 4.52. The molecule has 1 saturated carbocycles.